The van der Waals surface area contributed by atoms with E-state index < -0.39 is 11.7 Å². The van der Waals surface area contributed by atoms with E-state index in [-0.39, 0.29) is 33.6 Å². The van der Waals surface area contributed by atoms with Crippen LogP contribution in [0, 0.1) is 68.0 Å². The van der Waals surface area contributed by atoms with Crippen LogP contribution in [0.1, 0.15) is 38.9 Å². The highest BCUT2D eigenvalue weighted by molar-refractivity contribution is 6.12. The molecule has 0 N–H and O–H groups in total. The lowest BCUT2D eigenvalue weighted by atomic mass is 9.95. The highest BCUT2D eigenvalue weighted by Gasteiger charge is 2.32. The number of benzene rings is 6. The predicted molar refractivity (Wildman–Crippen MR) is 194 cm³/mol. The van der Waals surface area contributed by atoms with Crippen LogP contribution < -0.4 is 0 Å². The molecule has 0 atom stereocenters. The summed E-state index contributed by atoms with van der Waals surface area (Å²) in [6.45, 7) is 0. The molecule has 0 bridgehead atoms. The van der Waals surface area contributed by atoms with Crippen molar-refractivity contribution in [1.82, 2.24) is 9.13 Å². The summed E-state index contributed by atoms with van der Waals surface area (Å²) >= 11 is 0. The molecule has 0 spiro atoms. The monoisotopic (exact) mass is 702 g/mol. The standard InChI is InChI=1S/C43H17F3N8/c44-43(45,46)31-10-28(22-51)9-29(15-31)36-17-37(53-38-11-24(18-47)1-5-32(38)33-6-2-25(19-48)12-39(33)53)30(23-52)16-42(36)54-40-13-26(20-49)3-7-34(40)35-8-4-27(21-50)14-41(35)54/h1-17H. The van der Waals surface area contributed by atoms with E-state index >= 15 is 0 Å². The fraction of sp³-hybridized carbons (Fsp3) is 0.0233. The van der Waals surface area contributed by atoms with E-state index in [1.165, 1.54) is 12.1 Å². The van der Waals surface area contributed by atoms with E-state index in [1.807, 2.05) is 6.07 Å². The summed E-state index contributed by atoms with van der Waals surface area (Å²) in [5.74, 6) is 0. The van der Waals surface area contributed by atoms with Crippen molar-refractivity contribution >= 4 is 43.6 Å². The van der Waals surface area contributed by atoms with Crippen molar-refractivity contribution in [3.63, 3.8) is 0 Å². The predicted octanol–water partition coefficient (Wildman–Crippen LogP) is 9.80. The third-order valence-electron chi connectivity index (χ3n) is 9.47. The molecule has 0 fully saturated rings. The Balaban J connectivity index is 1.60. The first-order valence-electron chi connectivity index (χ1n) is 16.1. The van der Waals surface area contributed by atoms with Gasteiger partial charge in [0.05, 0.1) is 103 Å². The quantitative estimate of drug-likeness (QED) is 0.179. The Kier molecular flexibility index (Phi) is 7.39. The summed E-state index contributed by atoms with van der Waals surface area (Å²) in [5, 5.41) is 62.8. The van der Waals surface area contributed by atoms with Crippen LogP contribution in [0.25, 0.3) is 66.1 Å². The van der Waals surface area contributed by atoms with Crippen molar-refractivity contribution in [3.05, 3.63) is 142 Å². The molecule has 0 aliphatic carbocycles. The van der Waals surface area contributed by atoms with E-state index in [1.54, 1.807) is 88.0 Å². The van der Waals surface area contributed by atoms with Crippen molar-refractivity contribution in [2.75, 3.05) is 0 Å². The molecule has 0 aliphatic heterocycles. The topological polar surface area (TPSA) is 153 Å². The number of fused-ring (bicyclic) bond motifs is 6. The molecular formula is C43H17F3N8. The number of nitriles is 6. The summed E-state index contributed by atoms with van der Waals surface area (Å²) in [6, 6.07) is 38.7. The molecule has 2 aromatic heterocycles. The molecule has 0 aliphatic rings. The molecule has 250 valence electrons. The minimum absolute atomic E-state index is 0.00110. The van der Waals surface area contributed by atoms with Gasteiger partial charge in [-0.3, -0.25) is 0 Å². The van der Waals surface area contributed by atoms with Crippen LogP contribution in [0.5, 0.6) is 0 Å². The zero-order valence-electron chi connectivity index (χ0n) is 27.5. The van der Waals surface area contributed by atoms with Gasteiger partial charge in [-0.2, -0.15) is 44.7 Å². The number of halogens is 3. The van der Waals surface area contributed by atoms with Crippen molar-refractivity contribution in [1.29, 1.82) is 31.6 Å². The summed E-state index contributed by atoms with van der Waals surface area (Å²) in [5.41, 5.74) is 2.59. The lowest BCUT2D eigenvalue weighted by Gasteiger charge is -2.20. The molecule has 8 nitrogen and oxygen atoms in total. The molecular weight excluding hydrogens is 686 g/mol. The lowest BCUT2D eigenvalue weighted by molar-refractivity contribution is -0.137. The van der Waals surface area contributed by atoms with Gasteiger partial charge >= 0.3 is 6.18 Å². The van der Waals surface area contributed by atoms with Crippen LogP contribution in [0.2, 0.25) is 0 Å². The van der Waals surface area contributed by atoms with Crippen molar-refractivity contribution in [2.24, 2.45) is 0 Å². The van der Waals surface area contributed by atoms with Crippen LogP contribution >= 0.6 is 0 Å². The molecule has 8 rings (SSSR count). The van der Waals surface area contributed by atoms with Crippen LogP contribution in [0.4, 0.5) is 13.2 Å². The maximum atomic E-state index is 14.4. The Morgan fingerprint density at radius 1 is 0.407 bits per heavy atom. The third kappa shape index (κ3) is 5.03. The van der Waals surface area contributed by atoms with Crippen LogP contribution in [0.3, 0.4) is 0 Å². The van der Waals surface area contributed by atoms with Gasteiger partial charge in [-0.05, 0) is 84.4 Å². The number of nitrogens with zero attached hydrogens (tertiary/aromatic N) is 8. The first-order valence-corrected chi connectivity index (χ1v) is 16.1. The number of hydrogen-bond acceptors (Lipinski definition) is 6. The fourth-order valence-electron chi connectivity index (χ4n) is 7.11. The van der Waals surface area contributed by atoms with E-state index in [0.717, 1.165) is 12.1 Å². The summed E-state index contributed by atoms with van der Waals surface area (Å²) in [7, 11) is 0. The normalized spacial score (nSPS) is 11.1. The van der Waals surface area contributed by atoms with Gasteiger partial charge < -0.3 is 9.13 Å². The van der Waals surface area contributed by atoms with Crippen LogP contribution in [-0.2, 0) is 6.18 Å². The molecule has 54 heavy (non-hydrogen) atoms. The van der Waals surface area contributed by atoms with Crippen LogP contribution in [0.15, 0.2) is 103 Å². The highest BCUT2D eigenvalue weighted by Crippen LogP contribution is 2.43. The van der Waals surface area contributed by atoms with E-state index in [0.29, 0.717) is 65.9 Å². The van der Waals surface area contributed by atoms with E-state index in [2.05, 4.69) is 30.3 Å². The molecule has 6 aromatic carbocycles. The Morgan fingerprint density at radius 3 is 1.19 bits per heavy atom. The molecule has 0 saturated heterocycles. The van der Waals surface area contributed by atoms with Crippen LogP contribution in [-0.4, -0.2) is 9.13 Å². The lowest BCUT2D eigenvalue weighted by Crippen LogP contribution is -2.07. The molecule has 8 aromatic rings. The molecule has 0 saturated carbocycles. The summed E-state index contributed by atoms with van der Waals surface area (Å²) in [6.07, 6.45) is -4.82. The summed E-state index contributed by atoms with van der Waals surface area (Å²) in [4.78, 5) is 0. The second-order valence-electron chi connectivity index (χ2n) is 12.5. The van der Waals surface area contributed by atoms with Gasteiger partial charge in [0, 0.05) is 27.1 Å². The first-order chi connectivity index (χ1) is 26.1. The highest BCUT2D eigenvalue weighted by atomic mass is 19.4. The van der Waals surface area contributed by atoms with Crippen molar-refractivity contribution < 1.29 is 13.2 Å². The number of hydrogen-bond donors (Lipinski definition) is 0. The average Bonchev–Trinajstić information content (AvgIpc) is 3.70. The first kappa shape index (κ1) is 32.8. The molecule has 2 heterocycles. The van der Waals surface area contributed by atoms with Crippen molar-refractivity contribution in [3.8, 4) is 58.9 Å². The SMILES string of the molecule is N#Cc1cc(-c2cc(-n3c4cc(C#N)ccc4c4ccc(C#N)cc43)c(C#N)cc2-n2c3cc(C#N)ccc3c3ccc(C#N)cc32)cc(C(F)(F)F)c1. The van der Waals surface area contributed by atoms with Crippen molar-refractivity contribution in [2.45, 2.75) is 6.18 Å². The fourth-order valence-corrected chi connectivity index (χ4v) is 7.11. The average molecular weight is 703 g/mol. The van der Waals surface area contributed by atoms with E-state index in [9.17, 15) is 44.7 Å². The van der Waals surface area contributed by atoms with Gasteiger partial charge in [0.1, 0.15) is 6.07 Å². The zero-order chi connectivity index (χ0) is 37.9. The molecule has 0 amide bonds. The zero-order valence-corrected chi connectivity index (χ0v) is 27.5. The Labute approximate surface area is 304 Å². The van der Waals surface area contributed by atoms with Gasteiger partial charge in [0.2, 0.25) is 0 Å². The molecule has 11 heteroatoms. The third-order valence-corrected chi connectivity index (χ3v) is 9.47. The van der Waals surface area contributed by atoms with Gasteiger partial charge in [-0.1, -0.05) is 24.3 Å². The second kappa shape index (κ2) is 12.2. The smallest absolute Gasteiger partial charge is 0.308 e. The maximum Gasteiger partial charge on any atom is 0.416 e. The minimum atomic E-state index is -4.82. The van der Waals surface area contributed by atoms with Gasteiger partial charge in [0.25, 0.3) is 0 Å². The van der Waals surface area contributed by atoms with Gasteiger partial charge in [-0.15, -0.1) is 0 Å². The minimum Gasteiger partial charge on any atom is -0.308 e. The molecule has 0 radical (unpaired) electrons. The number of aromatic nitrogens is 2. The number of alkyl halides is 3. The Morgan fingerprint density at radius 2 is 0.815 bits per heavy atom. The molecule has 0 unspecified atom stereocenters. The largest absolute Gasteiger partial charge is 0.416 e. The Bertz CT molecular complexity index is 3090. The maximum absolute atomic E-state index is 14.4. The second-order valence-corrected chi connectivity index (χ2v) is 12.5. The van der Waals surface area contributed by atoms with Gasteiger partial charge in [0.15, 0.2) is 0 Å². The summed E-state index contributed by atoms with van der Waals surface area (Å²) < 4.78 is 46.6. The van der Waals surface area contributed by atoms with E-state index in [4.69, 9.17) is 0 Å². The number of rotatable bonds is 3. The van der Waals surface area contributed by atoms with Gasteiger partial charge in [-0.25, -0.2) is 0 Å². The Hall–Kier alpha value is -8.35.